The summed E-state index contributed by atoms with van der Waals surface area (Å²) in [7, 11) is 0. The van der Waals surface area contributed by atoms with Crippen LogP contribution in [0.15, 0.2) is 24.5 Å². The molecule has 0 aliphatic rings. The molecule has 3 heteroatoms. The minimum atomic E-state index is 0. The third-order valence-electron chi connectivity index (χ3n) is 3.13. The van der Waals surface area contributed by atoms with Gasteiger partial charge in [-0.3, -0.25) is 0 Å². The third-order valence-corrected chi connectivity index (χ3v) is 3.13. The van der Waals surface area contributed by atoms with Gasteiger partial charge >= 0.3 is 0 Å². The Balaban J connectivity index is 0.00000289. The molecule has 104 valence electrons. The van der Waals surface area contributed by atoms with Crippen molar-refractivity contribution in [1.29, 1.82) is 0 Å². The predicted octanol–water partition coefficient (Wildman–Crippen LogP) is 0.00952. The van der Waals surface area contributed by atoms with E-state index in [4.69, 9.17) is 5.11 Å². The second kappa shape index (κ2) is 11.5. The number of aromatic nitrogens is 1. The van der Waals surface area contributed by atoms with Gasteiger partial charge in [0.15, 0.2) is 12.4 Å². The van der Waals surface area contributed by atoms with Gasteiger partial charge in [-0.25, -0.2) is 4.57 Å². The highest BCUT2D eigenvalue weighted by molar-refractivity contribution is 5.03. The van der Waals surface area contributed by atoms with Crippen LogP contribution in [0.1, 0.15) is 50.5 Å². The molecule has 0 atom stereocenters. The molecule has 0 aliphatic carbocycles. The molecule has 0 amide bonds. The summed E-state index contributed by atoms with van der Waals surface area (Å²) in [5.41, 5.74) is 1.32. The first-order chi connectivity index (χ1) is 8.33. The van der Waals surface area contributed by atoms with Crippen molar-refractivity contribution in [2.24, 2.45) is 0 Å². The number of hydrogen-bond donors (Lipinski definition) is 1. The molecule has 0 spiro atoms. The summed E-state index contributed by atoms with van der Waals surface area (Å²) in [5, 5.41) is 8.65. The number of halogens is 1. The van der Waals surface area contributed by atoms with Crippen LogP contribution in [0, 0.1) is 6.92 Å². The molecular formula is C15H26ClNO. The third kappa shape index (κ3) is 8.48. The Hall–Kier alpha value is -0.600. The normalized spacial score (nSPS) is 10.1. The first-order valence-corrected chi connectivity index (χ1v) is 6.89. The number of aryl methyl sites for hydroxylation is 2. The minimum absolute atomic E-state index is 0. The molecule has 18 heavy (non-hydrogen) atoms. The molecule has 2 nitrogen and oxygen atoms in total. The molecule has 0 saturated carbocycles. The number of aliphatic hydroxyl groups excluding tert-OH is 1. The average Bonchev–Trinajstić information content (AvgIpc) is 2.35. The number of hydrogen-bond acceptors (Lipinski definition) is 1. The average molecular weight is 272 g/mol. The van der Waals surface area contributed by atoms with E-state index in [0.717, 1.165) is 13.0 Å². The smallest absolute Gasteiger partial charge is 0.169 e. The zero-order valence-corrected chi connectivity index (χ0v) is 12.2. The Morgan fingerprint density at radius 1 is 0.889 bits per heavy atom. The first kappa shape index (κ1) is 17.4. The van der Waals surface area contributed by atoms with Gasteiger partial charge in [-0.15, -0.1) is 0 Å². The summed E-state index contributed by atoms with van der Waals surface area (Å²) in [5.74, 6) is 0. The summed E-state index contributed by atoms with van der Waals surface area (Å²) in [6, 6.07) is 4.32. The SMILES string of the molecule is Cc1cc[n+](CCCCCCCCCO)cc1.[Cl-]. The predicted molar refractivity (Wildman–Crippen MR) is 70.8 cm³/mol. The fourth-order valence-corrected chi connectivity index (χ4v) is 1.97. The van der Waals surface area contributed by atoms with Crippen LogP contribution in [0.25, 0.3) is 0 Å². The Morgan fingerprint density at radius 2 is 1.39 bits per heavy atom. The lowest BCUT2D eigenvalue weighted by atomic mass is 10.1. The summed E-state index contributed by atoms with van der Waals surface area (Å²) in [6.45, 7) is 3.61. The first-order valence-electron chi connectivity index (χ1n) is 6.89. The molecule has 1 aromatic rings. The van der Waals surface area contributed by atoms with E-state index < -0.39 is 0 Å². The molecule has 0 radical (unpaired) electrons. The lowest BCUT2D eigenvalue weighted by Crippen LogP contribution is -3.00. The molecule has 1 heterocycles. The molecule has 1 aromatic heterocycles. The highest BCUT2D eigenvalue weighted by Crippen LogP contribution is 2.06. The fraction of sp³-hybridized carbons (Fsp3) is 0.667. The van der Waals surface area contributed by atoms with E-state index in [9.17, 15) is 0 Å². The van der Waals surface area contributed by atoms with Gasteiger partial charge < -0.3 is 17.5 Å². The second-order valence-electron chi connectivity index (χ2n) is 4.81. The van der Waals surface area contributed by atoms with E-state index >= 15 is 0 Å². The van der Waals surface area contributed by atoms with Gasteiger partial charge in [-0.05, 0) is 25.3 Å². The van der Waals surface area contributed by atoms with Gasteiger partial charge in [-0.1, -0.05) is 25.7 Å². The van der Waals surface area contributed by atoms with E-state index in [1.807, 2.05) is 0 Å². The molecular weight excluding hydrogens is 246 g/mol. The summed E-state index contributed by atoms with van der Waals surface area (Å²) < 4.78 is 2.26. The van der Waals surface area contributed by atoms with Gasteiger partial charge in [0.25, 0.3) is 0 Å². The number of unbranched alkanes of at least 4 members (excludes halogenated alkanes) is 6. The van der Waals surface area contributed by atoms with Crippen molar-refractivity contribution >= 4 is 0 Å². The van der Waals surface area contributed by atoms with Crippen LogP contribution in [-0.2, 0) is 6.54 Å². The van der Waals surface area contributed by atoms with Crippen molar-refractivity contribution in [1.82, 2.24) is 0 Å². The van der Waals surface area contributed by atoms with Gasteiger partial charge in [-0.2, -0.15) is 0 Å². The van der Waals surface area contributed by atoms with Crippen LogP contribution in [0.4, 0.5) is 0 Å². The van der Waals surface area contributed by atoms with E-state index in [1.54, 1.807) is 0 Å². The maximum Gasteiger partial charge on any atom is 0.169 e. The Kier molecular flexibility index (Phi) is 11.1. The molecule has 0 fully saturated rings. The number of nitrogens with zero attached hydrogens (tertiary/aromatic N) is 1. The number of aliphatic hydroxyl groups is 1. The van der Waals surface area contributed by atoms with Crippen LogP contribution < -0.4 is 17.0 Å². The van der Waals surface area contributed by atoms with Crippen LogP contribution in [-0.4, -0.2) is 11.7 Å². The van der Waals surface area contributed by atoms with Gasteiger partial charge in [0.05, 0.1) is 0 Å². The van der Waals surface area contributed by atoms with Crippen LogP contribution in [0.2, 0.25) is 0 Å². The molecule has 0 saturated heterocycles. The van der Waals surface area contributed by atoms with Crippen molar-refractivity contribution in [3.05, 3.63) is 30.1 Å². The van der Waals surface area contributed by atoms with Crippen LogP contribution in [0.3, 0.4) is 0 Å². The molecule has 1 N–H and O–H groups in total. The number of pyridine rings is 1. The minimum Gasteiger partial charge on any atom is -1.00 e. The molecule has 0 aromatic carbocycles. The molecule has 0 bridgehead atoms. The van der Waals surface area contributed by atoms with Crippen LogP contribution in [0.5, 0.6) is 0 Å². The molecule has 0 unspecified atom stereocenters. The second-order valence-corrected chi connectivity index (χ2v) is 4.81. The van der Waals surface area contributed by atoms with Gasteiger partial charge in [0, 0.05) is 25.2 Å². The Labute approximate surface area is 117 Å². The summed E-state index contributed by atoms with van der Waals surface area (Å²) in [4.78, 5) is 0. The molecule has 0 aliphatic heterocycles. The van der Waals surface area contributed by atoms with E-state index in [2.05, 4.69) is 36.0 Å². The monoisotopic (exact) mass is 271 g/mol. The highest BCUT2D eigenvalue weighted by atomic mass is 35.5. The Bertz CT molecular complexity index is 287. The number of rotatable bonds is 9. The molecule has 1 rings (SSSR count). The summed E-state index contributed by atoms with van der Waals surface area (Å²) in [6.07, 6.45) is 13.0. The maximum atomic E-state index is 8.65. The zero-order chi connectivity index (χ0) is 12.3. The topological polar surface area (TPSA) is 24.1 Å². The zero-order valence-electron chi connectivity index (χ0n) is 11.4. The largest absolute Gasteiger partial charge is 1.00 e. The van der Waals surface area contributed by atoms with Crippen LogP contribution >= 0.6 is 0 Å². The quantitative estimate of drug-likeness (QED) is 0.497. The van der Waals surface area contributed by atoms with Crippen molar-refractivity contribution in [2.75, 3.05) is 6.61 Å². The van der Waals surface area contributed by atoms with Crippen molar-refractivity contribution in [3.63, 3.8) is 0 Å². The lowest BCUT2D eigenvalue weighted by Gasteiger charge is -2.00. The van der Waals surface area contributed by atoms with Gasteiger partial charge in [0.1, 0.15) is 6.54 Å². The van der Waals surface area contributed by atoms with Crippen molar-refractivity contribution in [3.8, 4) is 0 Å². The van der Waals surface area contributed by atoms with E-state index in [-0.39, 0.29) is 12.4 Å². The van der Waals surface area contributed by atoms with Gasteiger partial charge in [0.2, 0.25) is 0 Å². The van der Waals surface area contributed by atoms with E-state index in [1.165, 1.54) is 44.1 Å². The standard InChI is InChI=1S/C15H26NO.ClH/c1-15-9-12-16(13-10-15)11-7-5-3-2-4-6-8-14-17;/h9-10,12-13,17H,2-8,11,14H2,1H3;1H/q+1;/p-1. The maximum absolute atomic E-state index is 8.65. The van der Waals surface area contributed by atoms with E-state index in [0.29, 0.717) is 6.61 Å². The Morgan fingerprint density at radius 3 is 1.94 bits per heavy atom. The van der Waals surface area contributed by atoms with Crippen molar-refractivity contribution < 1.29 is 22.1 Å². The lowest BCUT2D eigenvalue weighted by molar-refractivity contribution is -0.697. The van der Waals surface area contributed by atoms with Crippen molar-refractivity contribution in [2.45, 2.75) is 58.4 Å². The summed E-state index contributed by atoms with van der Waals surface area (Å²) >= 11 is 0. The highest BCUT2D eigenvalue weighted by Gasteiger charge is 1.98. The fourth-order valence-electron chi connectivity index (χ4n) is 1.97.